The third-order valence-electron chi connectivity index (χ3n) is 4.58. The standard InChI is InChI=1S/C20H21FN2O3/c1-14-12-16(6-7-18(14)21)20(25)23-10-8-22(9-11-23)19(24)15-4-3-5-17(13-15)26-2/h3-7,12-13H,8-11H2,1-2H3. The number of halogens is 1. The first-order valence-corrected chi connectivity index (χ1v) is 8.48. The molecule has 0 N–H and O–H groups in total. The van der Waals surface area contributed by atoms with Crippen molar-refractivity contribution in [3.05, 3.63) is 65.0 Å². The maximum atomic E-state index is 13.4. The summed E-state index contributed by atoms with van der Waals surface area (Å²) >= 11 is 0. The van der Waals surface area contributed by atoms with Crippen molar-refractivity contribution in [1.29, 1.82) is 0 Å². The summed E-state index contributed by atoms with van der Waals surface area (Å²) < 4.78 is 18.5. The van der Waals surface area contributed by atoms with Crippen LogP contribution in [0.25, 0.3) is 0 Å². The molecule has 2 aromatic carbocycles. The fourth-order valence-electron chi connectivity index (χ4n) is 3.01. The van der Waals surface area contributed by atoms with E-state index >= 15 is 0 Å². The lowest BCUT2D eigenvalue weighted by Crippen LogP contribution is -2.50. The van der Waals surface area contributed by atoms with E-state index in [1.165, 1.54) is 12.1 Å². The van der Waals surface area contributed by atoms with Crippen molar-refractivity contribution in [2.45, 2.75) is 6.92 Å². The highest BCUT2D eigenvalue weighted by molar-refractivity contribution is 5.96. The van der Waals surface area contributed by atoms with Gasteiger partial charge in [-0.2, -0.15) is 0 Å². The minimum Gasteiger partial charge on any atom is -0.497 e. The first kappa shape index (κ1) is 17.9. The number of carbonyl (C=O) groups is 2. The van der Waals surface area contributed by atoms with E-state index in [9.17, 15) is 14.0 Å². The molecule has 0 saturated carbocycles. The van der Waals surface area contributed by atoms with Gasteiger partial charge in [0.25, 0.3) is 11.8 Å². The van der Waals surface area contributed by atoms with Crippen LogP contribution < -0.4 is 4.74 Å². The number of rotatable bonds is 3. The molecule has 26 heavy (non-hydrogen) atoms. The number of hydrogen-bond acceptors (Lipinski definition) is 3. The van der Waals surface area contributed by atoms with Crippen molar-refractivity contribution in [2.24, 2.45) is 0 Å². The molecule has 0 radical (unpaired) electrons. The fraction of sp³-hybridized carbons (Fsp3) is 0.300. The lowest BCUT2D eigenvalue weighted by molar-refractivity contribution is 0.0535. The molecule has 0 spiro atoms. The SMILES string of the molecule is COc1cccc(C(=O)N2CCN(C(=O)c3ccc(F)c(C)c3)CC2)c1. The highest BCUT2D eigenvalue weighted by atomic mass is 19.1. The second-order valence-electron chi connectivity index (χ2n) is 6.28. The van der Waals surface area contributed by atoms with E-state index in [1.807, 2.05) is 0 Å². The summed E-state index contributed by atoms with van der Waals surface area (Å²) in [5.74, 6) is 0.0989. The Bertz CT molecular complexity index is 830. The van der Waals surface area contributed by atoms with Gasteiger partial charge in [0.15, 0.2) is 0 Å². The van der Waals surface area contributed by atoms with Crippen molar-refractivity contribution in [3.8, 4) is 5.75 Å². The molecule has 0 unspecified atom stereocenters. The van der Waals surface area contributed by atoms with Crippen LogP contribution in [0.3, 0.4) is 0 Å². The zero-order valence-electron chi connectivity index (χ0n) is 14.9. The Morgan fingerprint density at radius 3 is 2.04 bits per heavy atom. The van der Waals surface area contributed by atoms with Crippen LogP contribution in [0.5, 0.6) is 5.75 Å². The summed E-state index contributed by atoms with van der Waals surface area (Å²) in [6.07, 6.45) is 0. The maximum Gasteiger partial charge on any atom is 0.254 e. The molecule has 136 valence electrons. The zero-order valence-corrected chi connectivity index (χ0v) is 14.9. The van der Waals surface area contributed by atoms with Crippen molar-refractivity contribution < 1.29 is 18.7 Å². The number of piperazine rings is 1. The molecule has 6 heteroatoms. The van der Waals surface area contributed by atoms with Gasteiger partial charge < -0.3 is 14.5 Å². The van der Waals surface area contributed by atoms with Gasteiger partial charge in [-0.15, -0.1) is 0 Å². The molecule has 1 saturated heterocycles. The summed E-state index contributed by atoms with van der Waals surface area (Å²) in [5, 5.41) is 0. The van der Waals surface area contributed by atoms with Crippen molar-refractivity contribution >= 4 is 11.8 Å². The van der Waals surface area contributed by atoms with E-state index in [2.05, 4.69) is 0 Å². The highest BCUT2D eigenvalue weighted by Gasteiger charge is 2.25. The molecular weight excluding hydrogens is 335 g/mol. The minimum atomic E-state index is -0.324. The number of nitrogens with zero attached hydrogens (tertiary/aromatic N) is 2. The van der Waals surface area contributed by atoms with E-state index in [1.54, 1.807) is 54.2 Å². The normalized spacial score (nSPS) is 14.3. The summed E-state index contributed by atoms with van der Waals surface area (Å²) in [4.78, 5) is 28.6. The first-order chi connectivity index (χ1) is 12.5. The molecular formula is C20H21FN2O3. The number of ether oxygens (including phenoxy) is 1. The molecule has 2 aromatic rings. The average Bonchev–Trinajstić information content (AvgIpc) is 2.69. The second-order valence-corrected chi connectivity index (χ2v) is 6.28. The van der Waals surface area contributed by atoms with Crippen molar-refractivity contribution in [2.75, 3.05) is 33.3 Å². The van der Waals surface area contributed by atoms with Gasteiger partial charge in [0, 0.05) is 37.3 Å². The lowest BCUT2D eigenvalue weighted by atomic mass is 10.1. The molecule has 1 heterocycles. The number of hydrogen-bond donors (Lipinski definition) is 0. The Labute approximate surface area is 152 Å². The van der Waals surface area contributed by atoms with Crippen LogP contribution in [0.15, 0.2) is 42.5 Å². The molecule has 1 aliphatic heterocycles. The van der Waals surface area contributed by atoms with Crippen LogP contribution >= 0.6 is 0 Å². The third kappa shape index (κ3) is 3.69. The van der Waals surface area contributed by atoms with Crippen LogP contribution in [0.2, 0.25) is 0 Å². The predicted octanol–water partition coefficient (Wildman–Crippen LogP) is 2.74. The number of aryl methyl sites for hydroxylation is 1. The van der Waals surface area contributed by atoms with Gasteiger partial charge in [0.05, 0.1) is 7.11 Å². The van der Waals surface area contributed by atoms with E-state index in [-0.39, 0.29) is 17.6 Å². The lowest BCUT2D eigenvalue weighted by Gasteiger charge is -2.35. The Balaban J connectivity index is 1.64. The Hall–Kier alpha value is -2.89. The number of carbonyl (C=O) groups excluding carboxylic acids is 2. The van der Waals surface area contributed by atoms with Crippen LogP contribution in [-0.4, -0.2) is 54.9 Å². The van der Waals surface area contributed by atoms with E-state index in [4.69, 9.17) is 4.74 Å². The van der Waals surface area contributed by atoms with Gasteiger partial charge in [0.2, 0.25) is 0 Å². The van der Waals surface area contributed by atoms with Crippen molar-refractivity contribution in [1.82, 2.24) is 9.80 Å². The maximum absolute atomic E-state index is 13.4. The molecule has 0 aromatic heterocycles. The average molecular weight is 356 g/mol. The third-order valence-corrected chi connectivity index (χ3v) is 4.58. The van der Waals surface area contributed by atoms with Crippen LogP contribution in [0, 0.1) is 12.7 Å². The predicted molar refractivity (Wildman–Crippen MR) is 95.9 cm³/mol. The van der Waals surface area contributed by atoms with Crippen molar-refractivity contribution in [3.63, 3.8) is 0 Å². The first-order valence-electron chi connectivity index (χ1n) is 8.48. The van der Waals surface area contributed by atoms with Gasteiger partial charge in [-0.1, -0.05) is 6.07 Å². The summed E-state index contributed by atoms with van der Waals surface area (Å²) in [7, 11) is 1.56. The van der Waals surface area contributed by atoms with Crippen LogP contribution in [0.4, 0.5) is 4.39 Å². The molecule has 1 fully saturated rings. The van der Waals surface area contributed by atoms with Crippen LogP contribution in [0.1, 0.15) is 26.3 Å². The van der Waals surface area contributed by atoms with Gasteiger partial charge >= 0.3 is 0 Å². The molecule has 0 bridgehead atoms. The molecule has 3 rings (SSSR count). The van der Waals surface area contributed by atoms with Gasteiger partial charge in [0.1, 0.15) is 11.6 Å². The van der Waals surface area contributed by atoms with Gasteiger partial charge in [-0.05, 0) is 48.9 Å². The minimum absolute atomic E-state index is 0.0753. The Morgan fingerprint density at radius 1 is 0.923 bits per heavy atom. The molecule has 2 amide bonds. The highest BCUT2D eigenvalue weighted by Crippen LogP contribution is 2.17. The molecule has 0 aliphatic carbocycles. The van der Waals surface area contributed by atoms with Gasteiger partial charge in [-0.25, -0.2) is 4.39 Å². The van der Waals surface area contributed by atoms with Crippen LogP contribution in [-0.2, 0) is 0 Å². The monoisotopic (exact) mass is 356 g/mol. The molecule has 5 nitrogen and oxygen atoms in total. The molecule has 1 aliphatic rings. The Morgan fingerprint density at radius 2 is 1.50 bits per heavy atom. The second kappa shape index (κ2) is 7.56. The van der Waals surface area contributed by atoms with E-state index in [0.29, 0.717) is 48.6 Å². The topological polar surface area (TPSA) is 49.9 Å². The summed E-state index contributed by atoms with van der Waals surface area (Å²) in [6.45, 7) is 3.46. The number of methoxy groups -OCH3 is 1. The van der Waals surface area contributed by atoms with E-state index in [0.717, 1.165) is 0 Å². The summed E-state index contributed by atoms with van der Waals surface area (Å²) in [5.41, 5.74) is 1.48. The zero-order chi connectivity index (χ0) is 18.7. The quantitative estimate of drug-likeness (QED) is 0.850. The number of amides is 2. The van der Waals surface area contributed by atoms with E-state index < -0.39 is 0 Å². The van der Waals surface area contributed by atoms with Gasteiger partial charge in [-0.3, -0.25) is 9.59 Å². The Kier molecular flexibility index (Phi) is 5.21. The fourth-order valence-corrected chi connectivity index (χ4v) is 3.01. The smallest absolute Gasteiger partial charge is 0.254 e. The summed E-state index contributed by atoms with van der Waals surface area (Å²) in [6, 6.07) is 11.4. The molecule has 0 atom stereocenters. The largest absolute Gasteiger partial charge is 0.497 e. The number of benzene rings is 2.